The van der Waals surface area contributed by atoms with Gasteiger partial charge in [-0.1, -0.05) is 17.7 Å². The largest absolute Gasteiger partial charge is 0.487 e. The number of halogens is 6. The van der Waals surface area contributed by atoms with Gasteiger partial charge in [0.05, 0.1) is 5.56 Å². The fraction of sp³-hybridized carbons (Fsp3) is 0.250. The molecule has 0 atom stereocenters. The summed E-state index contributed by atoms with van der Waals surface area (Å²) < 4.78 is 75.1. The minimum Gasteiger partial charge on any atom is -0.487 e. The van der Waals surface area contributed by atoms with Gasteiger partial charge in [0.15, 0.2) is 5.76 Å². The summed E-state index contributed by atoms with van der Waals surface area (Å²) in [5.41, 5.74) is 0.425. The number of benzene rings is 2. The predicted molar refractivity (Wildman–Crippen MR) is 105 cm³/mol. The van der Waals surface area contributed by atoms with E-state index in [-0.39, 0.29) is 12.2 Å². The zero-order chi connectivity index (χ0) is 22.9. The third-order valence-electron chi connectivity index (χ3n) is 4.65. The molecule has 0 aliphatic heterocycles. The minimum absolute atomic E-state index is 0.224. The van der Waals surface area contributed by atoms with Gasteiger partial charge in [-0.2, -0.15) is 18.4 Å². The number of aromatic nitrogens is 4. The Bertz CT molecular complexity index is 1220. The van der Waals surface area contributed by atoms with E-state index in [9.17, 15) is 22.0 Å². The Morgan fingerprint density at radius 2 is 1.91 bits per heavy atom. The highest BCUT2D eigenvalue weighted by atomic mass is 35.5. The van der Waals surface area contributed by atoms with Gasteiger partial charge in [-0.05, 0) is 59.5 Å². The topological polar surface area (TPSA) is 76.8 Å². The lowest BCUT2D eigenvalue weighted by molar-refractivity contribution is -0.139. The summed E-state index contributed by atoms with van der Waals surface area (Å²) in [6, 6.07) is 8.44. The Morgan fingerprint density at radius 1 is 1.09 bits per heavy atom. The molecule has 0 aliphatic carbocycles. The van der Waals surface area contributed by atoms with Crippen LogP contribution in [0.25, 0.3) is 22.6 Å². The summed E-state index contributed by atoms with van der Waals surface area (Å²) >= 11 is 6.34. The smallest absolute Gasteiger partial charge is 0.419 e. The fourth-order valence-electron chi connectivity index (χ4n) is 3.18. The quantitative estimate of drug-likeness (QED) is 0.348. The molecule has 2 aromatic carbocycles. The average Bonchev–Trinajstić information content (AvgIpc) is 3.39. The van der Waals surface area contributed by atoms with E-state index in [1.165, 1.54) is 6.07 Å². The van der Waals surface area contributed by atoms with Crippen LogP contribution >= 0.6 is 11.6 Å². The maximum absolute atomic E-state index is 13.4. The molecule has 0 unspecified atom stereocenters. The molecule has 4 rings (SSSR count). The first kappa shape index (κ1) is 22.0. The number of hydrogen-bond acceptors (Lipinski definition) is 5. The Kier molecular flexibility index (Phi) is 6.00. The summed E-state index contributed by atoms with van der Waals surface area (Å²) in [7, 11) is 0. The van der Waals surface area contributed by atoms with Gasteiger partial charge in [-0.25, -0.2) is 8.78 Å². The van der Waals surface area contributed by atoms with Gasteiger partial charge in [0.25, 0.3) is 6.43 Å². The van der Waals surface area contributed by atoms with Crippen molar-refractivity contribution in [2.75, 3.05) is 6.61 Å². The molecule has 0 spiro atoms. The molecule has 6 nitrogen and oxygen atoms in total. The van der Waals surface area contributed by atoms with Crippen LogP contribution in [0.1, 0.15) is 16.7 Å². The molecule has 2 heterocycles. The van der Waals surface area contributed by atoms with E-state index in [0.29, 0.717) is 39.3 Å². The molecule has 4 aromatic rings. The Labute approximate surface area is 182 Å². The molecule has 0 amide bonds. The molecular formula is C20H14ClF5N4O2. The lowest BCUT2D eigenvalue weighted by Crippen LogP contribution is -2.13. The molecule has 0 radical (unpaired) electrons. The molecule has 168 valence electrons. The van der Waals surface area contributed by atoms with Gasteiger partial charge in [0.2, 0.25) is 5.82 Å². The summed E-state index contributed by atoms with van der Waals surface area (Å²) in [4.78, 5) is 0. The van der Waals surface area contributed by atoms with E-state index >= 15 is 0 Å². The molecule has 0 aliphatic rings. The van der Waals surface area contributed by atoms with Crippen LogP contribution in [0.2, 0.25) is 5.02 Å². The second-order valence-corrected chi connectivity index (χ2v) is 7.27. The number of hydrogen-bond donors (Lipinski definition) is 1. The molecule has 0 saturated carbocycles. The highest BCUT2D eigenvalue weighted by molar-refractivity contribution is 6.32. The van der Waals surface area contributed by atoms with Crippen LogP contribution in [0, 0.1) is 0 Å². The van der Waals surface area contributed by atoms with Gasteiger partial charge < -0.3 is 9.15 Å². The van der Waals surface area contributed by atoms with Crippen molar-refractivity contribution in [1.82, 2.24) is 20.6 Å². The monoisotopic (exact) mass is 472 g/mol. The number of fused-ring (bicyclic) bond motifs is 1. The van der Waals surface area contributed by atoms with Gasteiger partial charge in [-0.15, -0.1) is 10.2 Å². The third kappa shape index (κ3) is 4.82. The predicted octanol–water partition coefficient (Wildman–Crippen LogP) is 5.71. The molecule has 0 bridgehead atoms. The van der Waals surface area contributed by atoms with Crippen molar-refractivity contribution < 1.29 is 31.1 Å². The number of nitrogens with zero attached hydrogens (tertiary/aromatic N) is 3. The van der Waals surface area contributed by atoms with Gasteiger partial charge >= 0.3 is 6.18 Å². The summed E-state index contributed by atoms with van der Waals surface area (Å²) in [5, 5.41) is 14.6. The van der Waals surface area contributed by atoms with E-state index < -0.39 is 30.5 Å². The van der Waals surface area contributed by atoms with Crippen molar-refractivity contribution in [3.05, 3.63) is 58.1 Å². The van der Waals surface area contributed by atoms with Gasteiger partial charge in [0, 0.05) is 10.4 Å². The van der Waals surface area contributed by atoms with Gasteiger partial charge in [-0.3, -0.25) is 0 Å². The third-order valence-corrected chi connectivity index (χ3v) is 5.00. The van der Waals surface area contributed by atoms with E-state index in [1.54, 1.807) is 18.2 Å². The maximum atomic E-state index is 13.4. The highest BCUT2D eigenvalue weighted by Gasteiger charge is 2.35. The zero-order valence-electron chi connectivity index (χ0n) is 16.1. The van der Waals surface area contributed by atoms with Crippen LogP contribution in [-0.2, 0) is 19.0 Å². The molecule has 1 N–H and O–H groups in total. The van der Waals surface area contributed by atoms with Crippen molar-refractivity contribution in [3.63, 3.8) is 0 Å². The van der Waals surface area contributed by atoms with Crippen molar-refractivity contribution in [2.24, 2.45) is 0 Å². The number of aryl methyl sites for hydroxylation is 2. The van der Waals surface area contributed by atoms with Crippen LogP contribution in [0.15, 0.2) is 40.8 Å². The van der Waals surface area contributed by atoms with E-state index in [2.05, 4.69) is 25.4 Å². The second kappa shape index (κ2) is 8.73. The number of furan rings is 1. The standard InChI is InChI=1S/C20H14ClF5N4O2/c21-14-6-12-8-17(19-27-29-30-28-19)32-16(12)7-11(14)3-1-10-2-4-15(31-9-18(22)23)13(5-10)20(24,25)26/h2,4-8,18H,1,3,9H2,(H,27,28,29,30). The van der Waals surface area contributed by atoms with Crippen molar-refractivity contribution in [1.29, 1.82) is 0 Å². The van der Waals surface area contributed by atoms with Crippen LogP contribution in [0.4, 0.5) is 22.0 Å². The lowest BCUT2D eigenvalue weighted by atomic mass is 10.0. The molecule has 0 saturated heterocycles. The molecular weight excluding hydrogens is 459 g/mol. The van der Waals surface area contributed by atoms with Crippen LogP contribution in [0.5, 0.6) is 5.75 Å². The number of nitrogens with one attached hydrogen (secondary N) is 1. The summed E-state index contributed by atoms with van der Waals surface area (Å²) in [6.07, 6.45) is -7.08. The number of tetrazole rings is 1. The number of rotatable bonds is 7. The van der Waals surface area contributed by atoms with Crippen molar-refractivity contribution in [2.45, 2.75) is 25.4 Å². The first-order valence-corrected chi connectivity index (χ1v) is 9.65. The van der Waals surface area contributed by atoms with Gasteiger partial charge in [0.1, 0.15) is 17.9 Å². The van der Waals surface area contributed by atoms with Crippen molar-refractivity contribution in [3.8, 4) is 17.3 Å². The fourth-order valence-corrected chi connectivity index (χ4v) is 3.45. The molecule has 2 aromatic heterocycles. The van der Waals surface area contributed by atoms with Crippen LogP contribution < -0.4 is 4.74 Å². The Morgan fingerprint density at radius 3 is 2.59 bits per heavy atom. The summed E-state index contributed by atoms with van der Waals surface area (Å²) in [5.74, 6) is 0.0226. The first-order valence-electron chi connectivity index (χ1n) is 9.27. The average molecular weight is 473 g/mol. The maximum Gasteiger partial charge on any atom is 0.419 e. The lowest BCUT2D eigenvalue weighted by Gasteiger charge is -2.15. The Hall–Kier alpha value is -3.21. The van der Waals surface area contributed by atoms with Crippen LogP contribution in [0.3, 0.4) is 0 Å². The molecule has 12 heteroatoms. The normalized spacial score (nSPS) is 12.1. The summed E-state index contributed by atoms with van der Waals surface area (Å²) in [6.45, 7) is -1.12. The zero-order valence-corrected chi connectivity index (χ0v) is 16.8. The molecule has 0 fully saturated rings. The number of H-pyrrole nitrogens is 1. The highest BCUT2D eigenvalue weighted by Crippen LogP contribution is 2.37. The number of ether oxygens (including phenoxy) is 1. The Balaban J connectivity index is 1.55. The minimum atomic E-state index is -4.75. The number of aromatic amines is 1. The van der Waals surface area contributed by atoms with E-state index in [4.69, 9.17) is 16.0 Å². The first-order chi connectivity index (χ1) is 15.2. The second-order valence-electron chi connectivity index (χ2n) is 6.86. The van der Waals surface area contributed by atoms with Crippen LogP contribution in [-0.4, -0.2) is 33.7 Å². The van der Waals surface area contributed by atoms with E-state index in [0.717, 1.165) is 12.1 Å². The van der Waals surface area contributed by atoms with Crippen molar-refractivity contribution >= 4 is 22.6 Å². The molecule has 32 heavy (non-hydrogen) atoms. The SMILES string of the molecule is FC(F)COc1ccc(CCc2cc3oc(-c4nn[nH]n4)cc3cc2Cl)cc1C(F)(F)F. The van der Waals surface area contributed by atoms with E-state index in [1.807, 2.05) is 0 Å². The number of alkyl halides is 5.